The number of carboxylic acid groups (broad SMARTS) is 1. The van der Waals surface area contributed by atoms with E-state index in [4.69, 9.17) is 5.11 Å². The van der Waals surface area contributed by atoms with E-state index in [0.717, 1.165) is 22.9 Å². The van der Waals surface area contributed by atoms with Crippen molar-refractivity contribution >= 4 is 23.6 Å². The van der Waals surface area contributed by atoms with Crippen molar-refractivity contribution in [3.8, 4) is 0 Å². The lowest BCUT2D eigenvalue weighted by molar-refractivity contribution is -0.133. The molecule has 1 aromatic heterocycles. The number of hydrogen-bond donors (Lipinski definition) is 2. The minimum absolute atomic E-state index is 0.0627. The lowest BCUT2D eigenvalue weighted by Crippen LogP contribution is -2.25. The van der Waals surface area contributed by atoms with Crippen LogP contribution in [0.15, 0.2) is 42.7 Å². The number of nitrogens with zero attached hydrogens (tertiary/aromatic N) is 2. The highest BCUT2D eigenvalue weighted by atomic mass is 32.2. The van der Waals surface area contributed by atoms with Gasteiger partial charge in [0.2, 0.25) is 5.91 Å². The number of nitrogens with one attached hydrogen (secondary N) is 1. The molecule has 0 unspecified atom stereocenters. The Morgan fingerprint density at radius 3 is 2.77 bits per heavy atom. The molecular formula is C15H17N3O3S. The van der Waals surface area contributed by atoms with Gasteiger partial charge in [-0.3, -0.25) is 14.3 Å². The summed E-state index contributed by atoms with van der Waals surface area (Å²) < 4.78 is 1.83. The molecule has 1 heterocycles. The zero-order chi connectivity index (χ0) is 15.8. The van der Waals surface area contributed by atoms with Crippen molar-refractivity contribution in [2.45, 2.75) is 13.1 Å². The highest BCUT2D eigenvalue weighted by Gasteiger charge is 2.04. The van der Waals surface area contributed by atoms with E-state index in [0.29, 0.717) is 13.1 Å². The highest BCUT2D eigenvalue weighted by Crippen LogP contribution is 2.07. The number of amides is 1. The first-order valence-corrected chi connectivity index (χ1v) is 7.90. The highest BCUT2D eigenvalue weighted by molar-refractivity contribution is 8.00. The van der Waals surface area contributed by atoms with Gasteiger partial charge in [-0.25, -0.2) is 0 Å². The monoisotopic (exact) mass is 319 g/mol. The third-order valence-electron chi connectivity index (χ3n) is 2.84. The third-order valence-corrected chi connectivity index (χ3v) is 3.76. The average molecular weight is 319 g/mol. The molecule has 2 aromatic rings. The topological polar surface area (TPSA) is 84.2 Å². The smallest absolute Gasteiger partial charge is 0.313 e. The SMILES string of the molecule is O=C(O)CSCC(=O)NCc1cccc(Cn2cccn2)c1. The van der Waals surface area contributed by atoms with Gasteiger partial charge in [0.15, 0.2) is 0 Å². The Morgan fingerprint density at radius 1 is 1.23 bits per heavy atom. The number of benzene rings is 1. The van der Waals surface area contributed by atoms with Crippen molar-refractivity contribution in [1.82, 2.24) is 15.1 Å². The van der Waals surface area contributed by atoms with Crippen LogP contribution in [0.5, 0.6) is 0 Å². The first-order valence-electron chi connectivity index (χ1n) is 6.75. The number of aromatic nitrogens is 2. The second-order valence-electron chi connectivity index (χ2n) is 4.69. The summed E-state index contributed by atoms with van der Waals surface area (Å²) in [7, 11) is 0. The van der Waals surface area contributed by atoms with E-state index in [1.807, 2.05) is 41.2 Å². The number of carbonyl (C=O) groups excluding carboxylic acids is 1. The number of hydrogen-bond acceptors (Lipinski definition) is 4. The summed E-state index contributed by atoms with van der Waals surface area (Å²) in [5.41, 5.74) is 2.11. The largest absolute Gasteiger partial charge is 0.481 e. The molecule has 2 rings (SSSR count). The second-order valence-corrected chi connectivity index (χ2v) is 5.67. The Labute approximate surface area is 132 Å². The first-order chi connectivity index (χ1) is 10.6. The Bertz CT molecular complexity index is 629. The minimum Gasteiger partial charge on any atom is -0.481 e. The van der Waals surface area contributed by atoms with Gasteiger partial charge in [0, 0.05) is 18.9 Å². The molecule has 0 radical (unpaired) electrons. The average Bonchev–Trinajstić information content (AvgIpc) is 2.98. The summed E-state index contributed by atoms with van der Waals surface area (Å²) in [5.74, 6) is -0.987. The predicted octanol–water partition coefficient (Wildman–Crippen LogP) is 1.37. The summed E-state index contributed by atoms with van der Waals surface area (Å²) in [6.07, 6.45) is 3.63. The van der Waals surface area contributed by atoms with Gasteiger partial charge in [0.05, 0.1) is 18.1 Å². The molecule has 6 nitrogen and oxygen atoms in total. The van der Waals surface area contributed by atoms with Crippen LogP contribution in [-0.2, 0) is 22.7 Å². The summed E-state index contributed by atoms with van der Waals surface area (Å²) in [6.45, 7) is 1.11. The molecule has 2 N–H and O–H groups in total. The van der Waals surface area contributed by atoms with E-state index in [9.17, 15) is 9.59 Å². The Kier molecular flexibility index (Phi) is 6.02. The zero-order valence-corrected chi connectivity index (χ0v) is 12.8. The summed E-state index contributed by atoms with van der Waals surface area (Å²) in [4.78, 5) is 22.0. The van der Waals surface area contributed by atoms with Crippen LogP contribution in [0, 0.1) is 0 Å². The predicted molar refractivity (Wildman–Crippen MR) is 84.6 cm³/mol. The number of aliphatic carboxylic acids is 1. The molecule has 0 aliphatic rings. The first kappa shape index (κ1) is 16.1. The van der Waals surface area contributed by atoms with Gasteiger partial charge < -0.3 is 10.4 Å². The van der Waals surface area contributed by atoms with Gasteiger partial charge in [0.25, 0.3) is 0 Å². The van der Waals surface area contributed by atoms with Gasteiger partial charge in [-0.1, -0.05) is 24.3 Å². The Hall–Kier alpha value is -2.28. The van der Waals surface area contributed by atoms with Gasteiger partial charge in [0.1, 0.15) is 0 Å². The van der Waals surface area contributed by atoms with Crippen LogP contribution in [0.3, 0.4) is 0 Å². The van der Waals surface area contributed by atoms with Crippen molar-refractivity contribution < 1.29 is 14.7 Å². The number of thioether (sulfide) groups is 1. The maximum atomic E-state index is 11.6. The maximum absolute atomic E-state index is 11.6. The molecule has 1 aromatic carbocycles. The van der Waals surface area contributed by atoms with E-state index in [1.165, 1.54) is 0 Å². The molecular weight excluding hydrogens is 302 g/mol. The fraction of sp³-hybridized carbons (Fsp3) is 0.267. The van der Waals surface area contributed by atoms with Crippen molar-refractivity contribution in [1.29, 1.82) is 0 Å². The van der Waals surface area contributed by atoms with Gasteiger partial charge in [-0.15, -0.1) is 11.8 Å². The number of carboxylic acids is 1. The lowest BCUT2D eigenvalue weighted by atomic mass is 10.1. The normalized spacial score (nSPS) is 10.4. The third kappa shape index (κ3) is 5.61. The molecule has 0 saturated carbocycles. The van der Waals surface area contributed by atoms with Gasteiger partial charge in [-0.2, -0.15) is 5.10 Å². The molecule has 0 spiro atoms. The molecule has 0 bridgehead atoms. The fourth-order valence-electron chi connectivity index (χ4n) is 1.90. The minimum atomic E-state index is -0.913. The fourth-order valence-corrected chi connectivity index (χ4v) is 2.47. The van der Waals surface area contributed by atoms with Crippen LogP contribution in [0.1, 0.15) is 11.1 Å². The van der Waals surface area contributed by atoms with Crippen molar-refractivity contribution in [2.75, 3.05) is 11.5 Å². The van der Waals surface area contributed by atoms with Crippen LogP contribution < -0.4 is 5.32 Å². The van der Waals surface area contributed by atoms with E-state index in [1.54, 1.807) is 6.20 Å². The van der Waals surface area contributed by atoms with Gasteiger partial charge in [-0.05, 0) is 17.2 Å². The van der Waals surface area contributed by atoms with Crippen molar-refractivity contribution in [3.63, 3.8) is 0 Å². The molecule has 1 amide bonds. The second kappa shape index (κ2) is 8.23. The number of carbonyl (C=O) groups is 2. The van der Waals surface area contributed by atoms with E-state index >= 15 is 0 Å². The van der Waals surface area contributed by atoms with Crippen LogP contribution >= 0.6 is 11.8 Å². The van der Waals surface area contributed by atoms with E-state index in [-0.39, 0.29) is 17.4 Å². The molecule has 0 atom stereocenters. The van der Waals surface area contributed by atoms with E-state index in [2.05, 4.69) is 10.4 Å². The molecule has 0 aliphatic carbocycles. The zero-order valence-electron chi connectivity index (χ0n) is 11.9. The van der Waals surface area contributed by atoms with Crippen LogP contribution in [-0.4, -0.2) is 38.3 Å². The van der Waals surface area contributed by atoms with Crippen molar-refractivity contribution in [3.05, 3.63) is 53.9 Å². The van der Waals surface area contributed by atoms with Gasteiger partial charge >= 0.3 is 5.97 Å². The maximum Gasteiger partial charge on any atom is 0.313 e. The standard InChI is InChI=1S/C15H17N3O3S/c19-14(10-22-11-15(20)21)16-8-12-3-1-4-13(7-12)9-18-6-2-5-17-18/h1-7H,8-11H2,(H,16,19)(H,20,21). The molecule has 0 fully saturated rings. The van der Waals surface area contributed by atoms with Crippen LogP contribution in [0.25, 0.3) is 0 Å². The number of rotatable bonds is 8. The molecule has 7 heteroatoms. The summed E-state index contributed by atoms with van der Waals surface area (Å²) >= 11 is 1.09. The van der Waals surface area contributed by atoms with Crippen LogP contribution in [0.4, 0.5) is 0 Å². The Morgan fingerprint density at radius 2 is 2.05 bits per heavy atom. The van der Waals surface area contributed by atoms with E-state index < -0.39 is 5.97 Å². The molecule has 0 saturated heterocycles. The molecule has 116 valence electrons. The van der Waals surface area contributed by atoms with Crippen molar-refractivity contribution in [2.24, 2.45) is 0 Å². The molecule has 22 heavy (non-hydrogen) atoms. The Balaban J connectivity index is 1.80. The quantitative estimate of drug-likeness (QED) is 0.767. The lowest BCUT2D eigenvalue weighted by Gasteiger charge is -2.07. The summed E-state index contributed by atoms with van der Waals surface area (Å²) in [6, 6.07) is 9.79. The molecule has 0 aliphatic heterocycles. The summed E-state index contributed by atoms with van der Waals surface area (Å²) in [5, 5.41) is 15.5. The van der Waals surface area contributed by atoms with Crippen LogP contribution in [0.2, 0.25) is 0 Å².